The second kappa shape index (κ2) is 9.20. The Labute approximate surface area is 202 Å². The summed E-state index contributed by atoms with van der Waals surface area (Å²) in [6, 6.07) is 16.3. The molecule has 1 atom stereocenters. The van der Waals surface area contributed by atoms with Crippen molar-refractivity contribution in [3.8, 4) is 17.4 Å². The third kappa shape index (κ3) is 4.54. The fourth-order valence-corrected chi connectivity index (χ4v) is 4.97. The van der Waals surface area contributed by atoms with E-state index in [1.54, 1.807) is 6.92 Å². The number of rotatable bonds is 7. The number of furan rings is 1. The number of aliphatic hydroxyl groups is 1. The summed E-state index contributed by atoms with van der Waals surface area (Å²) in [6.45, 7) is 4.47. The molecule has 0 amide bonds. The quantitative estimate of drug-likeness (QED) is 0.348. The Morgan fingerprint density at radius 3 is 2.83 bits per heavy atom. The third-order valence-electron chi connectivity index (χ3n) is 6.80. The van der Waals surface area contributed by atoms with Crippen LogP contribution in [0.3, 0.4) is 0 Å². The summed E-state index contributed by atoms with van der Waals surface area (Å²) in [5.41, 5.74) is 3.26. The molecule has 8 nitrogen and oxygen atoms in total. The number of nitrogens with zero attached hydrogens (tertiary/aromatic N) is 3. The Hall–Kier alpha value is -3.62. The molecule has 2 aromatic carbocycles. The second-order valence-electron chi connectivity index (χ2n) is 9.27. The van der Waals surface area contributed by atoms with Crippen molar-refractivity contribution in [1.82, 2.24) is 20.1 Å². The van der Waals surface area contributed by atoms with Crippen LogP contribution in [0.1, 0.15) is 30.2 Å². The van der Waals surface area contributed by atoms with Crippen molar-refractivity contribution < 1.29 is 18.7 Å². The molecule has 3 aromatic heterocycles. The molecule has 0 bridgehead atoms. The van der Waals surface area contributed by atoms with Gasteiger partial charge in [0.15, 0.2) is 5.76 Å². The molecule has 1 unspecified atom stereocenters. The zero-order chi connectivity index (χ0) is 23.8. The average Bonchev–Trinajstić information content (AvgIpc) is 3.62. The summed E-state index contributed by atoms with van der Waals surface area (Å²) in [5, 5.41) is 20.6. The third-order valence-corrected chi connectivity index (χ3v) is 6.80. The van der Waals surface area contributed by atoms with E-state index >= 15 is 0 Å². The molecular formula is C27H28N4O4. The van der Waals surface area contributed by atoms with Crippen molar-refractivity contribution in [3.05, 3.63) is 66.2 Å². The number of aryl methyl sites for hydroxylation is 1. The number of fused-ring (bicyclic) bond motifs is 2. The summed E-state index contributed by atoms with van der Waals surface area (Å²) in [7, 11) is 0. The van der Waals surface area contributed by atoms with Crippen LogP contribution in [0, 0.1) is 6.92 Å². The minimum atomic E-state index is -0.581. The smallest absolute Gasteiger partial charge is 0.283 e. The number of piperidine rings is 1. The van der Waals surface area contributed by atoms with Crippen LogP contribution in [0.15, 0.2) is 63.6 Å². The van der Waals surface area contributed by atoms with Crippen molar-refractivity contribution in [2.24, 2.45) is 0 Å². The Morgan fingerprint density at radius 2 is 2.00 bits per heavy atom. The molecule has 0 saturated carbocycles. The molecule has 8 heteroatoms. The summed E-state index contributed by atoms with van der Waals surface area (Å²) < 4.78 is 17.3. The Kier molecular flexibility index (Phi) is 5.75. The number of likely N-dealkylation sites (tertiary alicyclic amines) is 1. The van der Waals surface area contributed by atoms with Crippen molar-refractivity contribution in [3.63, 3.8) is 0 Å². The van der Waals surface area contributed by atoms with Gasteiger partial charge >= 0.3 is 0 Å². The van der Waals surface area contributed by atoms with Crippen LogP contribution >= 0.6 is 0 Å². The number of H-pyrrole nitrogens is 1. The number of benzene rings is 2. The van der Waals surface area contributed by atoms with Gasteiger partial charge < -0.3 is 28.6 Å². The molecule has 1 saturated heterocycles. The van der Waals surface area contributed by atoms with Crippen LogP contribution in [0.4, 0.5) is 0 Å². The standard InChI is InChI=1S/C27H28N4O4/c1-17-29-30-27(34-17)26-14-22-24(3-2-4-25(22)35-26)33-16-21(32)15-31-11-8-18(9-12-31)20-6-5-19-7-10-28-23(19)13-20/h2-7,10,13-14,18,21,28,32H,8-9,11-12,15-16H2,1H3. The Morgan fingerprint density at radius 1 is 1.11 bits per heavy atom. The minimum absolute atomic E-state index is 0.211. The van der Waals surface area contributed by atoms with Crippen molar-refractivity contribution in [1.29, 1.82) is 0 Å². The van der Waals surface area contributed by atoms with Crippen molar-refractivity contribution in [2.75, 3.05) is 26.2 Å². The van der Waals surface area contributed by atoms with E-state index in [9.17, 15) is 5.11 Å². The van der Waals surface area contributed by atoms with E-state index in [0.717, 1.165) is 31.3 Å². The highest BCUT2D eigenvalue weighted by Gasteiger charge is 2.23. The monoisotopic (exact) mass is 472 g/mol. The lowest BCUT2D eigenvalue weighted by atomic mass is 9.89. The molecule has 2 N–H and O–H groups in total. The number of hydrogen-bond acceptors (Lipinski definition) is 7. The first kappa shape index (κ1) is 21.9. The normalized spacial score (nSPS) is 16.3. The van der Waals surface area contributed by atoms with E-state index < -0.39 is 6.10 Å². The lowest BCUT2D eigenvalue weighted by molar-refractivity contribution is 0.0599. The number of β-amino-alcohol motifs (C(OH)–C–C–N with tert-alkyl or cyclic N) is 1. The molecule has 1 fully saturated rings. The average molecular weight is 473 g/mol. The number of nitrogens with one attached hydrogen (secondary N) is 1. The molecule has 0 radical (unpaired) electrons. The van der Waals surface area contributed by atoms with Gasteiger partial charge in [-0.25, -0.2) is 0 Å². The summed E-state index contributed by atoms with van der Waals surface area (Å²) >= 11 is 0. The van der Waals surface area contributed by atoms with Crippen LogP contribution in [-0.4, -0.2) is 57.5 Å². The van der Waals surface area contributed by atoms with E-state index in [1.807, 2.05) is 30.5 Å². The first-order chi connectivity index (χ1) is 17.1. The van der Waals surface area contributed by atoms with Gasteiger partial charge in [0, 0.05) is 31.2 Å². The number of aliphatic hydroxyl groups excluding tert-OH is 1. The van der Waals surface area contributed by atoms with E-state index in [1.165, 1.54) is 16.5 Å². The summed E-state index contributed by atoms with van der Waals surface area (Å²) in [4.78, 5) is 5.63. The van der Waals surface area contributed by atoms with Gasteiger partial charge in [-0.05, 0) is 67.1 Å². The number of ether oxygens (including phenoxy) is 1. The molecule has 1 aliphatic rings. The van der Waals surface area contributed by atoms with Crippen molar-refractivity contribution in [2.45, 2.75) is 31.8 Å². The van der Waals surface area contributed by atoms with E-state index in [4.69, 9.17) is 13.6 Å². The topological polar surface area (TPSA) is 101 Å². The fraction of sp³-hybridized carbons (Fsp3) is 0.333. The predicted molar refractivity (Wildman–Crippen MR) is 132 cm³/mol. The van der Waals surface area contributed by atoms with Gasteiger partial charge in [-0.2, -0.15) is 0 Å². The molecular weight excluding hydrogens is 444 g/mol. The van der Waals surface area contributed by atoms with Gasteiger partial charge in [0.05, 0.1) is 5.39 Å². The van der Waals surface area contributed by atoms with E-state index in [-0.39, 0.29) is 6.61 Å². The van der Waals surface area contributed by atoms with E-state index in [2.05, 4.69) is 44.3 Å². The van der Waals surface area contributed by atoms with Crippen LogP contribution in [-0.2, 0) is 0 Å². The highest BCUT2D eigenvalue weighted by atomic mass is 16.5. The Balaban J connectivity index is 1.04. The first-order valence-electron chi connectivity index (χ1n) is 12.1. The first-order valence-corrected chi connectivity index (χ1v) is 12.1. The molecule has 6 rings (SSSR count). The fourth-order valence-electron chi connectivity index (χ4n) is 4.97. The minimum Gasteiger partial charge on any atom is -0.490 e. The van der Waals surface area contributed by atoms with Crippen LogP contribution in [0.25, 0.3) is 33.5 Å². The van der Waals surface area contributed by atoms with Gasteiger partial charge in [-0.3, -0.25) is 0 Å². The molecule has 0 spiro atoms. The molecule has 4 heterocycles. The maximum atomic E-state index is 10.7. The maximum absolute atomic E-state index is 10.7. The van der Waals surface area contributed by atoms with Gasteiger partial charge in [0.25, 0.3) is 5.89 Å². The number of hydrogen-bond donors (Lipinski definition) is 2. The van der Waals surface area contributed by atoms with Crippen LogP contribution in [0.5, 0.6) is 5.75 Å². The lowest BCUT2D eigenvalue weighted by Crippen LogP contribution is -2.40. The maximum Gasteiger partial charge on any atom is 0.283 e. The Bertz CT molecular complexity index is 1440. The second-order valence-corrected chi connectivity index (χ2v) is 9.27. The van der Waals surface area contributed by atoms with Gasteiger partial charge in [-0.1, -0.05) is 18.2 Å². The SMILES string of the molecule is Cc1nnc(-c2cc3c(OCC(O)CN4CCC(c5ccc6cc[nH]c6c5)CC4)cccc3o2)o1. The van der Waals surface area contributed by atoms with Gasteiger partial charge in [-0.15, -0.1) is 10.2 Å². The number of aromatic amines is 1. The van der Waals surface area contributed by atoms with E-state index in [0.29, 0.717) is 41.3 Å². The molecule has 35 heavy (non-hydrogen) atoms. The lowest BCUT2D eigenvalue weighted by Gasteiger charge is -2.33. The zero-order valence-corrected chi connectivity index (χ0v) is 19.6. The summed E-state index contributed by atoms with van der Waals surface area (Å²) in [6.07, 6.45) is 3.58. The summed E-state index contributed by atoms with van der Waals surface area (Å²) in [5.74, 6) is 2.52. The van der Waals surface area contributed by atoms with Gasteiger partial charge in [0.2, 0.25) is 5.89 Å². The molecule has 0 aliphatic carbocycles. The number of aromatic nitrogens is 3. The van der Waals surface area contributed by atoms with Gasteiger partial charge in [0.1, 0.15) is 24.0 Å². The molecule has 1 aliphatic heterocycles. The molecule has 180 valence electrons. The largest absolute Gasteiger partial charge is 0.490 e. The molecule has 5 aromatic rings. The van der Waals surface area contributed by atoms with Crippen molar-refractivity contribution >= 4 is 21.9 Å². The van der Waals surface area contributed by atoms with Crippen LogP contribution in [0.2, 0.25) is 0 Å². The van der Waals surface area contributed by atoms with Crippen LogP contribution < -0.4 is 4.74 Å². The zero-order valence-electron chi connectivity index (χ0n) is 19.6. The highest BCUT2D eigenvalue weighted by Crippen LogP contribution is 2.33. The predicted octanol–water partition coefficient (Wildman–Crippen LogP) is 4.89. The highest BCUT2D eigenvalue weighted by molar-refractivity contribution is 5.87.